The van der Waals surface area contributed by atoms with Gasteiger partial charge in [0, 0.05) is 19.8 Å². The number of hydrogen-bond acceptors (Lipinski definition) is 2. The average molecular weight is 306 g/mol. The van der Waals surface area contributed by atoms with Gasteiger partial charge in [-0.15, -0.1) is 0 Å². The first kappa shape index (κ1) is 14.6. The zero-order valence-corrected chi connectivity index (χ0v) is 11.2. The van der Waals surface area contributed by atoms with Crippen LogP contribution in [0.2, 0.25) is 5.15 Å². The van der Waals surface area contributed by atoms with Crippen LogP contribution in [0.25, 0.3) is 5.65 Å². The fourth-order valence-electron chi connectivity index (χ4n) is 1.74. The molecule has 0 spiro atoms. The highest BCUT2D eigenvalue weighted by Gasteiger charge is 2.29. The van der Waals surface area contributed by atoms with Gasteiger partial charge in [0.15, 0.2) is 10.8 Å². The molecule has 0 aliphatic heterocycles. The quantitative estimate of drug-likeness (QED) is 0.874. The molecular formula is C12H11ClF3N3O. The van der Waals surface area contributed by atoms with Crippen LogP contribution in [0.1, 0.15) is 16.9 Å². The maximum Gasteiger partial charge on any atom is 0.390 e. The molecule has 2 aromatic rings. The number of imidazole rings is 1. The summed E-state index contributed by atoms with van der Waals surface area (Å²) in [6.07, 6.45) is -3.79. The van der Waals surface area contributed by atoms with Gasteiger partial charge in [0.2, 0.25) is 0 Å². The highest BCUT2D eigenvalue weighted by Crippen LogP contribution is 2.22. The van der Waals surface area contributed by atoms with E-state index in [-0.39, 0.29) is 10.8 Å². The highest BCUT2D eigenvalue weighted by molar-refractivity contribution is 6.32. The number of carbonyl (C=O) groups is 1. The third kappa shape index (κ3) is 3.04. The number of nitrogens with zero attached hydrogens (tertiary/aromatic N) is 3. The molecule has 8 heteroatoms. The highest BCUT2D eigenvalue weighted by atomic mass is 35.5. The molecule has 2 aromatic heterocycles. The molecule has 1 amide bonds. The van der Waals surface area contributed by atoms with Gasteiger partial charge in [0.25, 0.3) is 5.91 Å². The third-order valence-corrected chi connectivity index (χ3v) is 3.03. The van der Waals surface area contributed by atoms with Crippen LogP contribution >= 0.6 is 11.6 Å². The normalized spacial score (nSPS) is 11.8. The van der Waals surface area contributed by atoms with Gasteiger partial charge in [-0.1, -0.05) is 17.7 Å². The molecule has 0 bridgehead atoms. The van der Waals surface area contributed by atoms with E-state index in [2.05, 4.69) is 4.98 Å². The predicted molar refractivity (Wildman–Crippen MR) is 67.8 cm³/mol. The monoisotopic (exact) mass is 305 g/mol. The van der Waals surface area contributed by atoms with E-state index in [1.807, 2.05) is 0 Å². The van der Waals surface area contributed by atoms with Crippen LogP contribution in [-0.4, -0.2) is 40.0 Å². The SMILES string of the molecule is CN(CCC(F)(F)F)C(=O)c1c(Cl)nc2ccccn12. The van der Waals surface area contributed by atoms with Crippen LogP contribution in [0.5, 0.6) is 0 Å². The van der Waals surface area contributed by atoms with Gasteiger partial charge in [0.1, 0.15) is 5.65 Å². The van der Waals surface area contributed by atoms with E-state index in [4.69, 9.17) is 11.6 Å². The first-order valence-electron chi connectivity index (χ1n) is 5.74. The van der Waals surface area contributed by atoms with Crippen LogP contribution < -0.4 is 0 Å². The number of pyridine rings is 1. The van der Waals surface area contributed by atoms with Gasteiger partial charge in [0.05, 0.1) is 6.42 Å². The van der Waals surface area contributed by atoms with Crippen LogP contribution in [-0.2, 0) is 0 Å². The number of carbonyl (C=O) groups excluding carboxylic acids is 1. The minimum Gasteiger partial charge on any atom is -0.340 e. The molecule has 0 unspecified atom stereocenters. The number of alkyl halides is 3. The molecule has 0 aromatic carbocycles. The fraction of sp³-hybridized carbons (Fsp3) is 0.333. The molecule has 20 heavy (non-hydrogen) atoms. The standard InChI is InChI=1S/C12H11ClF3N3O/c1-18(7-5-12(14,15)16)11(20)9-10(13)17-8-4-2-3-6-19(8)9/h2-4,6H,5,7H2,1H3. The second-order valence-electron chi connectivity index (χ2n) is 4.27. The first-order chi connectivity index (χ1) is 9.29. The Morgan fingerprint density at radius 3 is 2.80 bits per heavy atom. The zero-order valence-electron chi connectivity index (χ0n) is 10.5. The van der Waals surface area contributed by atoms with Crippen molar-refractivity contribution in [2.24, 2.45) is 0 Å². The van der Waals surface area contributed by atoms with Gasteiger partial charge in [-0.3, -0.25) is 9.20 Å². The van der Waals surface area contributed by atoms with Crippen LogP contribution in [0.3, 0.4) is 0 Å². The van der Waals surface area contributed by atoms with Crippen molar-refractivity contribution >= 4 is 23.2 Å². The fourth-order valence-corrected chi connectivity index (χ4v) is 1.99. The van der Waals surface area contributed by atoms with Gasteiger partial charge >= 0.3 is 6.18 Å². The summed E-state index contributed by atoms with van der Waals surface area (Å²) in [7, 11) is 1.30. The van der Waals surface area contributed by atoms with Crippen LogP contribution in [0, 0.1) is 0 Å². The van der Waals surface area contributed by atoms with E-state index in [1.165, 1.54) is 11.4 Å². The molecule has 0 N–H and O–H groups in total. The van der Waals surface area contributed by atoms with Gasteiger partial charge in [-0.05, 0) is 12.1 Å². The lowest BCUT2D eigenvalue weighted by atomic mass is 10.3. The molecule has 0 fully saturated rings. The summed E-state index contributed by atoms with van der Waals surface area (Å²) in [5.74, 6) is -0.599. The van der Waals surface area contributed by atoms with E-state index < -0.39 is 25.0 Å². The molecule has 108 valence electrons. The Bertz CT molecular complexity index is 638. The number of rotatable bonds is 3. The van der Waals surface area contributed by atoms with Crippen molar-refractivity contribution in [3.05, 3.63) is 35.2 Å². The Morgan fingerprint density at radius 2 is 2.15 bits per heavy atom. The summed E-state index contributed by atoms with van der Waals surface area (Å²) < 4.78 is 38.0. The van der Waals surface area contributed by atoms with Crippen molar-refractivity contribution in [1.29, 1.82) is 0 Å². The molecule has 0 atom stereocenters. The number of hydrogen-bond donors (Lipinski definition) is 0. The zero-order chi connectivity index (χ0) is 14.9. The van der Waals surface area contributed by atoms with Crippen LogP contribution in [0.15, 0.2) is 24.4 Å². The maximum absolute atomic E-state index is 12.2. The largest absolute Gasteiger partial charge is 0.390 e. The minimum absolute atomic E-state index is 0.0277. The molecule has 2 heterocycles. The summed E-state index contributed by atoms with van der Waals surface area (Å²) in [6.45, 7) is -0.432. The smallest absolute Gasteiger partial charge is 0.340 e. The summed E-state index contributed by atoms with van der Waals surface area (Å²) in [5.41, 5.74) is 0.525. The Balaban J connectivity index is 2.25. The van der Waals surface area contributed by atoms with E-state index in [0.717, 1.165) is 4.90 Å². The number of aromatic nitrogens is 2. The maximum atomic E-state index is 12.2. The molecule has 4 nitrogen and oxygen atoms in total. The Hall–Kier alpha value is -1.76. The first-order valence-corrected chi connectivity index (χ1v) is 6.12. The van der Waals surface area contributed by atoms with E-state index in [9.17, 15) is 18.0 Å². The van der Waals surface area contributed by atoms with Crippen LogP contribution in [0.4, 0.5) is 13.2 Å². The number of halogens is 4. The molecule has 0 saturated heterocycles. The van der Waals surface area contributed by atoms with Crippen molar-refractivity contribution in [3.63, 3.8) is 0 Å². The second-order valence-corrected chi connectivity index (χ2v) is 4.63. The van der Waals surface area contributed by atoms with Crippen molar-refractivity contribution < 1.29 is 18.0 Å². The Labute approximate surface area is 117 Å². The minimum atomic E-state index is -4.31. The molecule has 0 aliphatic rings. The van der Waals surface area contributed by atoms with Gasteiger partial charge in [-0.25, -0.2) is 4.98 Å². The molecule has 0 saturated carbocycles. The average Bonchev–Trinajstić information content (AvgIpc) is 2.70. The topological polar surface area (TPSA) is 37.6 Å². The van der Waals surface area contributed by atoms with Gasteiger partial charge in [-0.2, -0.15) is 13.2 Å². The Morgan fingerprint density at radius 1 is 1.45 bits per heavy atom. The summed E-state index contributed by atoms with van der Waals surface area (Å²) >= 11 is 5.89. The van der Waals surface area contributed by atoms with Crippen molar-refractivity contribution in [3.8, 4) is 0 Å². The molecule has 2 rings (SSSR count). The molecule has 0 aliphatic carbocycles. The second kappa shape index (κ2) is 5.32. The Kier molecular flexibility index (Phi) is 3.89. The van der Waals surface area contributed by atoms with E-state index in [1.54, 1.807) is 24.4 Å². The van der Waals surface area contributed by atoms with Gasteiger partial charge < -0.3 is 4.90 Å². The summed E-state index contributed by atoms with van der Waals surface area (Å²) in [5, 5.41) is -0.0277. The molecule has 0 radical (unpaired) electrons. The number of fused-ring (bicyclic) bond motifs is 1. The van der Waals surface area contributed by atoms with E-state index in [0.29, 0.717) is 5.65 Å². The van der Waals surface area contributed by atoms with Crippen molar-refractivity contribution in [1.82, 2.24) is 14.3 Å². The van der Waals surface area contributed by atoms with Crippen molar-refractivity contribution in [2.45, 2.75) is 12.6 Å². The molecular weight excluding hydrogens is 295 g/mol. The lowest BCUT2D eigenvalue weighted by Crippen LogP contribution is -2.31. The number of amides is 1. The summed E-state index contributed by atoms with van der Waals surface area (Å²) in [4.78, 5) is 17.1. The predicted octanol–water partition coefficient (Wildman–Crippen LogP) is 3.01. The lowest BCUT2D eigenvalue weighted by molar-refractivity contribution is -0.136. The van der Waals surface area contributed by atoms with E-state index >= 15 is 0 Å². The third-order valence-electron chi connectivity index (χ3n) is 2.77. The summed E-state index contributed by atoms with van der Waals surface area (Å²) in [6, 6.07) is 5.05. The lowest BCUT2D eigenvalue weighted by Gasteiger charge is -2.18. The van der Waals surface area contributed by atoms with Crippen molar-refractivity contribution in [2.75, 3.05) is 13.6 Å².